The highest BCUT2D eigenvalue weighted by Crippen LogP contribution is 2.27. The van der Waals surface area contributed by atoms with Crippen LogP contribution in [0.4, 0.5) is 0 Å². The molecule has 1 fully saturated rings. The molecule has 0 spiro atoms. The van der Waals surface area contributed by atoms with E-state index in [4.69, 9.17) is 9.72 Å². The van der Waals surface area contributed by atoms with E-state index in [1.807, 2.05) is 18.2 Å². The van der Waals surface area contributed by atoms with Crippen LogP contribution in [-0.4, -0.2) is 41.5 Å². The van der Waals surface area contributed by atoms with Gasteiger partial charge in [0.1, 0.15) is 0 Å². The standard InChI is InChI=1S/C27H36N2O2/c1-20-18-23-12-6-7-14-26(23)28-25(20)13-8-9-17-31-24-15-16-29(19-24)27(21(2)30)22-10-4-3-5-11-22/h3-5,10-11,18,24,27H,6-9,12-17,19H2,1-2H3/t24-,27+/m1/s1. The summed E-state index contributed by atoms with van der Waals surface area (Å²) in [7, 11) is 0. The molecule has 31 heavy (non-hydrogen) atoms. The molecule has 1 aliphatic carbocycles. The van der Waals surface area contributed by atoms with Gasteiger partial charge in [-0.1, -0.05) is 36.4 Å². The Kier molecular flexibility index (Phi) is 7.52. The molecule has 0 radical (unpaired) electrons. The lowest BCUT2D eigenvalue weighted by Crippen LogP contribution is -2.32. The van der Waals surface area contributed by atoms with Gasteiger partial charge >= 0.3 is 0 Å². The van der Waals surface area contributed by atoms with Crippen LogP contribution in [0.1, 0.15) is 73.1 Å². The zero-order chi connectivity index (χ0) is 21.6. The zero-order valence-corrected chi connectivity index (χ0v) is 19.1. The smallest absolute Gasteiger partial charge is 0.151 e. The molecular weight excluding hydrogens is 384 g/mol. The molecule has 2 aliphatic rings. The first-order valence-corrected chi connectivity index (χ1v) is 12.0. The van der Waals surface area contributed by atoms with Crippen molar-refractivity contribution in [2.45, 2.75) is 77.4 Å². The SMILES string of the molecule is CC(=O)[C@@H](c1ccccc1)N1CC[C@@H](OCCCCc2nc3c(cc2C)CCCC3)C1. The number of ketones is 1. The Morgan fingerprint density at radius 2 is 2.00 bits per heavy atom. The van der Waals surface area contributed by atoms with E-state index in [0.29, 0.717) is 0 Å². The summed E-state index contributed by atoms with van der Waals surface area (Å²) in [5.74, 6) is 0.208. The van der Waals surface area contributed by atoms with E-state index in [9.17, 15) is 4.79 Å². The quantitative estimate of drug-likeness (QED) is 0.535. The highest BCUT2D eigenvalue weighted by atomic mass is 16.5. The van der Waals surface area contributed by atoms with Crippen molar-refractivity contribution in [1.29, 1.82) is 0 Å². The van der Waals surface area contributed by atoms with Crippen LogP contribution in [0.3, 0.4) is 0 Å². The van der Waals surface area contributed by atoms with Crippen LogP contribution in [0.5, 0.6) is 0 Å². The van der Waals surface area contributed by atoms with Crippen LogP contribution in [0.2, 0.25) is 0 Å². The Hall–Kier alpha value is -2.04. The first-order valence-electron chi connectivity index (χ1n) is 12.0. The van der Waals surface area contributed by atoms with Gasteiger partial charge in [0.15, 0.2) is 5.78 Å². The van der Waals surface area contributed by atoms with E-state index in [0.717, 1.165) is 57.4 Å². The number of carbonyl (C=O) groups is 1. The van der Waals surface area contributed by atoms with Crippen LogP contribution >= 0.6 is 0 Å². The molecule has 1 saturated heterocycles. The van der Waals surface area contributed by atoms with Gasteiger partial charge in [0.05, 0.1) is 12.1 Å². The summed E-state index contributed by atoms with van der Waals surface area (Å²) in [6.45, 7) is 6.45. The van der Waals surface area contributed by atoms with Crippen molar-refractivity contribution in [3.8, 4) is 0 Å². The average Bonchev–Trinajstić information content (AvgIpc) is 3.22. The van der Waals surface area contributed by atoms with Gasteiger partial charge in [-0.05, 0) is 81.9 Å². The Morgan fingerprint density at radius 3 is 2.81 bits per heavy atom. The Balaban J connectivity index is 1.21. The number of hydrogen-bond acceptors (Lipinski definition) is 4. The first kappa shape index (κ1) is 22.2. The number of fused-ring (bicyclic) bond motifs is 1. The van der Waals surface area contributed by atoms with E-state index >= 15 is 0 Å². The number of nitrogens with zero attached hydrogens (tertiary/aromatic N) is 2. The maximum atomic E-state index is 12.3. The lowest BCUT2D eigenvalue weighted by molar-refractivity contribution is -0.122. The largest absolute Gasteiger partial charge is 0.377 e. The van der Waals surface area contributed by atoms with Crippen molar-refractivity contribution < 1.29 is 9.53 Å². The third-order valence-electron chi connectivity index (χ3n) is 6.80. The number of unbranched alkanes of at least 4 members (excludes halogenated alkanes) is 1. The molecule has 2 atom stereocenters. The van der Waals surface area contributed by atoms with E-state index in [-0.39, 0.29) is 17.9 Å². The van der Waals surface area contributed by atoms with Gasteiger partial charge in [-0.15, -0.1) is 0 Å². The molecule has 0 amide bonds. The fourth-order valence-corrected chi connectivity index (χ4v) is 5.15. The lowest BCUT2D eigenvalue weighted by Gasteiger charge is -2.26. The first-order chi connectivity index (χ1) is 15.1. The van der Waals surface area contributed by atoms with E-state index in [2.05, 4.69) is 30.0 Å². The summed E-state index contributed by atoms with van der Waals surface area (Å²) in [5, 5.41) is 0. The lowest BCUT2D eigenvalue weighted by atomic mass is 9.93. The third kappa shape index (κ3) is 5.61. The maximum absolute atomic E-state index is 12.3. The minimum absolute atomic E-state index is 0.146. The van der Waals surface area contributed by atoms with Crippen molar-refractivity contribution in [3.05, 3.63) is 64.5 Å². The van der Waals surface area contributed by atoms with E-state index < -0.39 is 0 Å². The highest BCUT2D eigenvalue weighted by molar-refractivity contribution is 5.83. The molecule has 2 aromatic rings. The summed E-state index contributed by atoms with van der Waals surface area (Å²) in [6.07, 6.45) is 9.38. The van der Waals surface area contributed by atoms with Crippen LogP contribution < -0.4 is 0 Å². The fraction of sp³-hybridized carbons (Fsp3) is 0.556. The Labute approximate surface area is 187 Å². The predicted molar refractivity (Wildman–Crippen MR) is 124 cm³/mol. The second-order valence-electron chi connectivity index (χ2n) is 9.22. The van der Waals surface area contributed by atoms with Crippen LogP contribution in [0.25, 0.3) is 0 Å². The van der Waals surface area contributed by atoms with Crippen molar-refractivity contribution in [2.75, 3.05) is 19.7 Å². The molecule has 0 saturated carbocycles. The van der Waals surface area contributed by atoms with Crippen LogP contribution in [0, 0.1) is 6.92 Å². The molecule has 1 aromatic heterocycles. The molecule has 4 rings (SSSR count). The number of carbonyl (C=O) groups excluding carboxylic acids is 1. The topological polar surface area (TPSA) is 42.4 Å². The summed E-state index contributed by atoms with van der Waals surface area (Å²) in [4.78, 5) is 19.6. The molecule has 0 N–H and O–H groups in total. The molecule has 2 heterocycles. The number of likely N-dealkylation sites (tertiary alicyclic amines) is 1. The summed E-state index contributed by atoms with van der Waals surface area (Å²) >= 11 is 0. The monoisotopic (exact) mass is 420 g/mol. The molecule has 0 bridgehead atoms. The number of rotatable bonds is 9. The molecule has 166 valence electrons. The second kappa shape index (κ2) is 10.5. The fourth-order valence-electron chi connectivity index (χ4n) is 5.15. The molecule has 1 aromatic carbocycles. The summed E-state index contributed by atoms with van der Waals surface area (Å²) in [5.41, 5.74) is 6.53. The van der Waals surface area contributed by atoms with Gasteiger partial charge in [0.2, 0.25) is 0 Å². The number of pyridine rings is 1. The van der Waals surface area contributed by atoms with Crippen molar-refractivity contribution in [3.63, 3.8) is 0 Å². The number of benzene rings is 1. The van der Waals surface area contributed by atoms with Gasteiger partial charge < -0.3 is 4.74 Å². The van der Waals surface area contributed by atoms with Crippen LogP contribution in [-0.2, 0) is 28.8 Å². The number of aryl methyl sites for hydroxylation is 4. The predicted octanol–water partition coefficient (Wildman–Crippen LogP) is 5.01. The summed E-state index contributed by atoms with van der Waals surface area (Å²) < 4.78 is 6.18. The zero-order valence-electron chi connectivity index (χ0n) is 19.1. The van der Waals surface area contributed by atoms with Gasteiger partial charge in [0, 0.05) is 31.1 Å². The molecule has 4 nitrogen and oxygen atoms in total. The number of aromatic nitrogens is 1. The normalized spacial score (nSPS) is 19.9. The van der Waals surface area contributed by atoms with Crippen molar-refractivity contribution in [1.82, 2.24) is 9.88 Å². The number of hydrogen-bond donors (Lipinski definition) is 0. The van der Waals surface area contributed by atoms with Gasteiger partial charge in [-0.3, -0.25) is 14.7 Å². The minimum Gasteiger partial charge on any atom is -0.377 e. The third-order valence-corrected chi connectivity index (χ3v) is 6.80. The van der Waals surface area contributed by atoms with Gasteiger partial charge in [-0.2, -0.15) is 0 Å². The number of Topliss-reactive ketones (excluding diaryl/α,β-unsaturated/α-hetero) is 1. The molecule has 4 heteroatoms. The summed E-state index contributed by atoms with van der Waals surface area (Å²) in [6, 6.07) is 12.3. The average molecular weight is 421 g/mol. The van der Waals surface area contributed by atoms with E-state index in [1.165, 1.54) is 41.8 Å². The van der Waals surface area contributed by atoms with Gasteiger partial charge in [-0.25, -0.2) is 0 Å². The van der Waals surface area contributed by atoms with Crippen molar-refractivity contribution >= 4 is 5.78 Å². The van der Waals surface area contributed by atoms with Crippen molar-refractivity contribution in [2.24, 2.45) is 0 Å². The molecule has 0 unspecified atom stereocenters. The minimum atomic E-state index is -0.146. The second-order valence-corrected chi connectivity index (χ2v) is 9.22. The highest BCUT2D eigenvalue weighted by Gasteiger charge is 2.32. The van der Waals surface area contributed by atoms with Gasteiger partial charge in [0.25, 0.3) is 0 Å². The Bertz CT molecular complexity index is 880. The molecular formula is C27H36N2O2. The Morgan fingerprint density at radius 1 is 1.19 bits per heavy atom. The number of ether oxygens (including phenoxy) is 1. The van der Waals surface area contributed by atoms with E-state index in [1.54, 1.807) is 6.92 Å². The maximum Gasteiger partial charge on any atom is 0.151 e. The van der Waals surface area contributed by atoms with Crippen LogP contribution in [0.15, 0.2) is 36.4 Å². The molecule has 1 aliphatic heterocycles.